The second kappa shape index (κ2) is 8.53. The fourth-order valence-electron chi connectivity index (χ4n) is 2.60. The maximum Gasteiger partial charge on any atom is 0.224 e. The number of carbonyl (C=O) groups excluding carboxylic acids is 1. The van der Waals surface area contributed by atoms with Crippen molar-refractivity contribution in [2.45, 2.75) is 32.8 Å². The van der Waals surface area contributed by atoms with Crippen LogP contribution in [0.4, 0.5) is 5.69 Å². The number of benzene rings is 2. The first-order valence-corrected chi connectivity index (χ1v) is 8.21. The van der Waals surface area contributed by atoms with Gasteiger partial charge in [-0.25, -0.2) is 0 Å². The van der Waals surface area contributed by atoms with Crippen molar-refractivity contribution in [1.29, 1.82) is 0 Å². The molecular weight excluding hydrogens is 318 g/mol. The minimum Gasteiger partial charge on any atom is -0.497 e. The van der Waals surface area contributed by atoms with Gasteiger partial charge in [-0.2, -0.15) is 0 Å². The van der Waals surface area contributed by atoms with Crippen LogP contribution in [0.3, 0.4) is 0 Å². The number of aliphatic hydroxyl groups is 1. The van der Waals surface area contributed by atoms with Gasteiger partial charge in [0.15, 0.2) is 0 Å². The zero-order chi connectivity index (χ0) is 18.4. The highest BCUT2D eigenvalue weighted by atomic mass is 16.5. The van der Waals surface area contributed by atoms with Gasteiger partial charge in [-0.05, 0) is 49.6 Å². The lowest BCUT2D eigenvalue weighted by Crippen LogP contribution is -2.14. The molecule has 0 heterocycles. The molecular formula is C20H25NO4. The minimum atomic E-state index is -0.787. The molecule has 1 unspecified atom stereocenters. The summed E-state index contributed by atoms with van der Waals surface area (Å²) in [5, 5.41) is 13.3. The summed E-state index contributed by atoms with van der Waals surface area (Å²) in [6.07, 6.45) is -0.270. The molecule has 0 aliphatic carbocycles. The Bertz CT molecular complexity index is 742. The van der Waals surface area contributed by atoms with Crippen molar-refractivity contribution in [3.05, 3.63) is 53.1 Å². The minimum absolute atomic E-state index is 0.125. The van der Waals surface area contributed by atoms with Gasteiger partial charge in [0.25, 0.3) is 0 Å². The smallest absolute Gasteiger partial charge is 0.224 e. The molecule has 25 heavy (non-hydrogen) atoms. The van der Waals surface area contributed by atoms with Gasteiger partial charge in [0, 0.05) is 23.7 Å². The number of nitrogens with one attached hydrogen (secondary N) is 1. The average Bonchev–Trinajstić information content (AvgIpc) is 2.62. The van der Waals surface area contributed by atoms with E-state index in [-0.39, 0.29) is 12.3 Å². The van der Waals surface area contributed by atoms with Crippen molar-refractivity contribution >= 4 is 11.6 Å². The Morgan fingerprint density at radius 3 is 2.56 bits per heavy atom. The van der Waals surface area contributed by atoms with Gasteiger partial charge in [0.2, 0.25) is 5.91 Å². The number of hydrogen-bond donors (Lipinski definition) is 2. The molecule has 0 aromatic heterocycles. The van der Waals surface area contributed by atoms with Crippen molar-refractivity contribution < 1.29 is 19.4 Å². The predicted octanol–water partition coefficient (Wildman–Crippen LogP) is 3.77. The van der Waals surface area contributed by atoms with Gasteiger partial charge in [0.05, 0.1) is 20.3 Å². The van der Waals surface area contributed by atoms with E-state index in [9.17, 15) is 9.90 Å². The van der Waals surface area contributed by atoms with Gasteiger partial charge >= 0.3 is 0 Å². The number of ether oxygens (including phenoxy) is 2. The van der Waals surface area contributed by atoms with Crippen molar-refractivity contribution in [2.24, 2.45) is 0 Å². The number of rotatable bonds is 7. The highest BCUT2D eigenvalue weighted by molar-refractivity contribution is 5.91. The van der Waals surface area contributed by atoms with Gasteiger partial charge in [-0.15, -0.1) is 0 Å². The highest BCUT2D eigenvalue weighted by Crippen LogP contribution is 2.31. The van der Waals surface area contributed by atoms with Gasteiger partial charge < -0.3 is 19.9 Å². The summed E-state index contributed by atoms with van der Waals surface area (Å²) in [5.41, 5.74) is 3.55. The van der Waals surface area contributed by atoms with E-state index in [1.54, 1.807) is 25.3 Å². The lowest BCUT2D eigenvalue weighted by molar-refractivity contribution is -0.116. The third-order valence-corrected chi connectivity index (χ3v) is 4.11. The van der Waals surface area contributed by atoms with Crippen LogP contribution in [-0.2, 0) is 4.79 Å². The van der Waals surface area contributed by atoms with Crippen LogP contribution in [0, 0.1) is 13.8 Å². The summed E-state index contributed by atoms with van der Waals surface area (Å²) in [7, 11) is 3.11. The molecule has 0 saturated carbocycles. The Kier molecular flexibility index (Phi) is 6.42. The van der Waals surface area contributed by atoms with Crippen LogP contribution < -0.4 is 14.8 Å². The van der Waals surface area contributed by atoms with E-state index < -0.39 is 6.10 Å². The van der Waals surface area contributed by atoms with Crippen LogP contribution >= 0.6 is 0 Å². The molecule has 0 spiro atoms. The fraction of sp³-hybridized carbons (Fsp3) is 0.350. The van der Waals surface area contributed by atoms with Crippen molar-refractivity contribution in [3.63, 3.8) is 0 Å². The monoisotopic (exact) mass is 343 g/mol. The van der Waals surface area contributed by atoms with Crippen LogP contribution in [0.15, 0.2) is 36.4 Å². The summed E-state index contributed by atoms with van der Waals surface area (Å²) in [6, 6.07) is 11.2. The third-order valence-electron chi connectivity index (χ3n) is 4.11. The Balaban J connectivity index is 1.98. The summed E-state index contributed by atoms with van der Waals surface area (Å²) in [6.45, 7) is 3.93. The van der Waals surface area contributed by atoms with E-state index in [4.69, 9.17) is 9.47 Å². The fourth-order valence-corrected chi connectivity index (χ4v) is 2.60. The zero-order valence-corrected chi connectivity index (χ0v) is 15.1. The molecule has 0 saturated heterocycles. The Hall–Kier alpha value is -2.53. The summed E-state index contributed by atoms with van der Waals surface area (Å²) < 4.78 is 10.5. The number of amides is 1. The maximum atomic E-state index is 12.2. The molecule has 5 nitrogen and oxygen atoms in total. The number of hydrogen-bond acceptors (Lipinski definition) is 4. The lowest BCUT2D eigenvalue weighted by atomic mass is 10.0. The van der Waals surface area contributed by atoms with E-state index in [0.717, 1.165) is 16.8 Å². The van der Waals surface area contributed by atoms with E-state index in [2.05, 4.69) is 5.32 Å². The topological polar surface area (TPSA) is 67.8 Å². The SMILES string of the molecule is COc1ccc(C(O)CCC(=O)Nc2cc(C)ccc2C)c(OC)c1. The quantitative estimate of drug-likeness (QED) is 0.803. The molecule has 0 aliphatic rings. The Morgan fingerprint density at radius 2 is 1.88 bits per heavy atom. The number of aliphatic hydroxyl groups excluding tert-OH is 1. The van der Waals surface area contributed by atoms with E-state index in [1.807, 2.05) is 32.0 Å². The molecule has 1 atom stereocenters. The summed E-state index contributed by atoms with van der Waals surface area (Å²) >= 11 is 0. The average molecular weight is 343 g/mol. The number of carbonyl (C=O) groups is 1. The van der Waals surface area contributed by atoms with Gasteiger partial charge in [-0.1, -0.05) is 12.1 Å². The first-order chi connectivity index (χ1) is 11.9. The molecule has 0 radical (unpaired) electrons. The van der Waals surface area contributed by atoms with E-state index >= 15 is 0 Å². The van der Waals surface area contributed by atoms with Crippen LogP contribution in [0.2, 0.25) is 0 Å². The van der Waals surface area contributed by atoms with Crippen molar-refractivity contribution in [3.8, 4) is 11.5 Å². The lowest BCUT2D eigenvalue weighted by Gasteiger charge is -2.16. The third kappa shape index (κ3) is 4.97. The predicted molar refractivity (Wildman–Crippen MR) is 98.3 cm³/mol. The standard InChI is InChI=1S/C20H25NO4/c1-13-5-6-14(2)17(11-13)21-20(23)10-9-18(22)16-8-7-15(24-3)12-19(16)25-4/h5-8,11-12,18,22H,9-10H2,1-4H3,(H,21,23). The summed E-state index contributed by atoms with van der Waals surface area (Å²) in [5.74, 6) is 1.07. The van der Waals surface area contributed by atoms with Gasteiger partial charge in [0.1, 0.15) is 11.5 Å². The highest BCUT2D eigenvalue weighted by Gasteiger charge is 2.16. The molecule has 134 valence electrons. The molecule has 2 aromatic carbocycles. The second-order valence-corrected chi connectivity index (χ2v) is 6.03. The van der Waals surface area contributed by atoms with Crippen molar-refractivity contribution in [2.75, 3.05) is 19.5 Å². The molecule has 0 fully saturated rings. The largest absolute Gasteiger partial charge is 0.497 e. The first-order valence-electron chi connectivity index (χ1n) is 8.21. The van der Waals surface area contributed by atoms with Crippen LogP contribution in [-0.4, -0.2) is 25.2 Å². The van der Waals surface area contributed by atoms with Crippen LogP contribution in [0.1, 0.15) is 35.6 Å². The molecule has 1 amide bonds. The molecule has 0 bridgehead atoms. The van der Waals surface area contributed by atoms with E-state index in [0.29, 0.717) is 23.5 Å². The Morgan fingerprint density at radius 1 is 1.12 bits per heavy atom. The molecule has 2 rings (SSSR count). The number of methoxy groups -OCH3 is 2. The number of anilines is 1. The molecule has 0 aliphatic heterocycles. The molecule has 2 aromatic rings. The molecule has 5 heteroatoms. The summed E-state index contributed by atoms with van der Waals surface area (Å²) in [4.78, 5) is 12.2. The zero-order valence-electron chi connectivity index (χ0n) is 15.1. The normalized spacial score (nSPS) is 11.7. The maximum absolute atomic E-state index is 12.2. The molecule has 2 N–H and O–H groups in total. The number of aryl methyl sites for hydroxylation is 2. The van der Waals surface area contributed by atoms with Crippen LogP contribution in [0.25, 0.3) is 0 Å². The first kappa shape index (κ1) is 18.8. The van der Waals surface area contributed by atoms with Crippen LogP contribution in [0.5, 0.6) is 11.5 Å². The van der Waals surface area contributed by atoms with Crippen molar-refractivity contribution in [1.82, 2.24) is 0 Å². The van der Waals surface area contributed by atoms with E-state index in [1.165, 1.54) is 7.11 Å². The second-order valence-electron chi connectivity index (χ2n) is 6.03. The van der Waals surface area contributed by atoms with Gasteiger partial charge in [-0.3, -0.25) is 4.79 Å². The Labute approximate surface area is 148 Å².